The Balaban J connectivity index is 1.61. The zero-order valence-corrected chi connectivity index (χ0v) is 16.6. The van der Waals surface area contributed by atoms with Crippen LogP contribution in [0.3, 0.4) is 0 Å². The number of nitrogens with zero attached hydrogens (tertiary/aromatic N) is 5. The van der Waals surface area contributed by atoms with Gasteiger partial charge in [-0.05, 0) is 24.4 Å². The van der Waals surface area contributed by atoms with Crippen molar-refractivity contribution in [2.45, 2.75) is 19.6 Å². The number of nitrogens with one attached hydrogen (secondary N) is 2. The molecule has 150 valence electrons. The van der Waals surface area contributed by atoms with Gasteiger partial charge in [-0.2, -0.15) is 0 Å². The summed E-state index contributed by atoms with van der Waals surface area (Å²) >= 11 is 6.48. The molecule has 5 rings (SSSR count). The van der Waals surface area contributed by atoms with E-state index in [1.807, 2.05) is 25.1 Å². The normalized spacial score (nSPS) is 12.5. The van der Waals surface area contributed by atoms with E-state index in [-0.39, 0.29) is 12.6 Å². The van der Waals surface area contributed by atoms with Crippen LogP contribution in [-0.2, 0) is 6.61 Å². The van der Waals surface area contributed by atoms with Crippen molar-refractivity contribution < 1.29 is 9.63 Å². The summed E-state index contributed by atoms with van der Waals surface area (Å²) in [5, 5.41) is 19.0. The van der Waals surface area contributed by atoms with Gasteiger partial charge in [0.1, 0.15) is 29.8 Å². The predicted molar refractivity (Wildman–Crippen MR) is 112 cm³/mol. The van der Waals surface area contributed by atoms with Crippen LogP contribution >= 0.6 is 11.6 Å². The third-order valence-corrected chi connectivity index (χ3v) is 5.12. The SMILES string of the molecule is C[C@H](Nc1ncnc2nc[nH]c12)c1cc2cccc(Cl)c2c(-c2cc(CO)on2)n1. The highest BCUT2D eigenvalue weighted by atomic mass is 35.5. The van der Waals surface area contributed by atoms with Crippen molar-refractivity contribution in [2.75, 3.05) is 5.32 Å². The Morgan fingerprint density at radius 3 is 2.97 bits per heavy atom. The lowest BCUT2D eigenvalue weighted by Gasteiger charge is -2.16. The van der Waals surface area contributed by atoms with Crippen molar-refractivity contribution in [3.63, 3.8) is 0 Å². The Morgan fingerprint density at radius 2 is 2.13 bits per heavy atom. The van der Waals surface area contributed by atoms with Gasteiger partial charge in [0.25, 0.3) is 0 Å². The quantitative estimate of drug-likeness (QED) is 0.390. The molecule has 0 spiro atoms. The number of rotatable bonds is 5. The molecule has 1 aromatic carbocycles. The molecule has 5 aromatic rings. The van der Waals surface area contributed by atoms with Crippen molar-refractivity contribution in [3.8, 4) is 11.4 Å². The molecule has 30 heavy (non-hydrogen) atoms. The van der Waals surface area contributed by atoms with Crippen molar-refractivity contribution in [2.24, 2.45) is 0 Å². The molecule has 0 amide bonds. The summed E-state index contributed by atoms with van der Waals surface area (Å²) < 4.78 is 5.17. The first-order chi connectivity index (χ1) is 14.6. The first-order valence-corrected chi connectivity index (χ1v) is 9.58. The van der Waals surface area contributed by atoms with E-state index in [4.69, 9.17) is 21.1 Å². The molecule has 0 unspecified atom stereocenters. The number of hydrogen-bond acceptors (Lipinski definition) is 8. The van der Waals surface area contributed by atoms with Crippen molar-refractivity contribution in [3.05, 3.63) is 59.5 Å². The van der Waals surface area contributed by atoms with Crippen LogP contribution in [0.4, 0.5) is 5.82 Å². The summed E-state index contributed by atoms with van der Waals surface area (Å²) in [6.45, 7) is 1.74. The van der Waals surface area contributed by atoms with Gasteiger partial charge in [0.2, 0.25) is 0 Å². The molecule has 0 saturated heterocycles. The third kappa shape index (κ3) is 3.14. The fraction of sp³-hybridized carbons (Fsp3) is 0.150. The zero-order valence-electron chi connectivity index (χ0n) is 15.8. The number of anilines is 1. The maximum Gasteiger partial charge on any atom is 0.182 e. The minimum Gasteiger partial charge on any atom is -0.388 e. The van der Waals surface area contributed by atoms with Gasteiger partial charge in [-0.15, -0.1) is 0 Å². The van der Waals surface area contributed by atoms with Gasteiger partial charge >= 0.3 is 0 Å². The number of fused-ring (bicyclic) bond motifs is 2. The van der Waals surface area contributed by atoms with Crippen LogP contribution in [0.2, 0.25) is 5.02 Å². The topological polar surface area (TPSA) is 126 Å². The molecule has 4 heterocycles. The van der Waals surface area contributed by atoms with Crippen LogP contribution in [0, 0.1) is 0 Å². The number of pyridine rings is 1. The monoisotopic (exact) mass is 421 g/mol. The standard InChI is InChI=1S/C20H16ClN7O2/c1-10(26-20-18-19(23-8-22-18)24-9-25-20)14-5-11-3-2-4-13(21)16(11)17(27-14)15-6-12(7-29)30-28-15/h2-6,8-10,29H,7H2,1H3,(H2,22,23,24,25,26)/t10-/m0/s1. The van der Waals surface area contributed by atoms with E-state index in [1.54, 1.807) is 18.5 Å². The molecule has 0 bridgehead atoms. The number of aliphatic hydroxyl groups is 1. The van der Waals surface area contributed by atoms with Crippen LogP contribution in [0.1, 0.15) is 24.4 Å². The third-order valence-electron chi connectivity index (χ3n) is 4.80. The first kappa shape index (κ1) is 18.5. The average molecular weight is 422 g/mol. The molecule has 0 fully saturated rings. The fourth-order valence-electron chi connectivity index (χ4n) is 3.35. The van der Waals surface area contributed by atoms with E-state index in [0.29, 0.717) is 33.6 Å². The smallest absolute Gasteiger partial charge is 0.182 e. The molecular formula is C20H16ClN7O2. The van der Waals surface area contributed by atoms with Crippen molar-refractivity contribution in [1.29, 1.82) is 0 Å². The van der Waals surface area contributed by atoms with E-state index in [2.05, 4.69) is 30.4 Å². The molecule has 0 radical (unpaired) electrons. The Morgan fingerprint density at radius 1 is 1.23 bits per heavy atom. The van der Waals surface area contributed by atoms with Crippen molar-refractivity contribution in [1.82, 2.24) is 30.1 Å². The average Bonchev–Trinajstić information content (AvgIpc) is 3.43. The summed E-state index contributed by atoms with van der Waals surface area (Å²) in [4.78, 5) is 20.5. The molecule has 0 aliphatic heterocycles. The van der Waals surface area contributed by atoms with Crippen LogP contribution in [-0.4, -0.2) is 35.2 Å². The maximum atomic E-state index is 9.33. The van der Waals surface area contributed by atoms with E-state index >= 15 is 0 Å². The molecule has 0 saturated carbocycles. The second-order valence-corrected chi connectivity index (χ2v) is 7.17. The molecule has 0 aliphatic rings. The molecule has 1 atom stereocenters. The lowest BCUT2D eigenvalue weighted by Crippen LogP contribution is -2.11. The molecule has 4 aromatic heterocycles. The number of H-pyrrole nitrogens is 1. The largest absolute Gasteiger partial charge is 0.388 e. The predicted octanol–water partition coefficient (Wildman–Crippen LogP) is 3.87. The van der Waals surface area contributed by atoms with Gasteiger partial charge in [-0.25, -0.2) is 19.9 Å². The van der Waals surface area contributed by atoms with Gasteiger partial charge in [-0.1, -0.05) is 28.9 Å². The second-order valence-electron chi connectivity index (χ2n) is 6.76. The number of aromatic nitrogens is 6. The van der Waals surface area contributed by atoms with Crippen LogP contribution in [0.5, 0.6) is 0 Å². The van der Waals surface area contributed by atoms with E-state index in [9.17, 15) is 5.11 Å². The summed E-state index contributed by atoms with van der Waals surface area (Å²) in [6, 6.07) is 9.09. The number of imidazole rings is 1. The first-order valence-electron chi connectivity index (χ1n) is 9.20. The van der Waals surface area contributed by atoms with Crippen LogP contribution in [0.15, 0.2) is 47.5 Å². The van der Waals surface area contributed by atoms with Gasteiger partial charge in [-0.3, -0.25) is 0 Å². The van der Waals surface area contributed by atoms with Gasteiger partial charge in [0, 0.05) is 11.5 Å². The Bertz CT molecular complexity index is 1360. The Labute approximate surface area is 175 Å². The van der Waals surface area contributed by atoms with Crippen LogP contribution in [0.25, 0.3) is 33.3 Å². The highest BCUT2D eigenvalue weighted by molar-refractivity contribution is 6.36. The molecule has 0 aliphatic carbocycles. The lowest BCUT2D eigenvalue weighted by molar-refractivity contribution is 0.229. The minimum absolute atomic E-state index is 0.197. The summed E-state index contributed by atoms with van der Waals surface area (Å²) in [5.41, 5.74) is 3.15. The zero-order chi connectivity index (χ0) is 20.7. The molecule has 3 N–H and O–H groups in total. The Hall–Kier alpha value is -3.56. The molecule has 9 nitrogen and oxygen atoms in total. The molecular weight excluding hydrogens is 406 g/mol. The Kier molecular flexibility index (Phi) is 4.53. The van der Waals surface area contributed by atoms with E-state index in [1.165, 1.54) is 6.33 Å². The van der Waals surface area contributed by atoms with Crippen LogP contribution < -0.4 is 5.32 Å². The number of benzene rings is 1. The fourth-order valence-corrected chi connectivity index (χ4v) is 3.62. The minimum atomic E-state index is -0.246. The summed E-state index contributed by atoms with van der Waals surface area (Å²) in [5.74, 6) is 0.981. The van der Waals surface area contributed by atoms with E-state index < -0.39 is 0 Å². The van der Waals surface area contributed by atoms with Crippen molar-refractivity contribution >= 4 is 39.4 Å². The highest BCUT2D eigenvalue weighted by Crippen LogP contribution is 2.34. The second kappa shape index (κ2) is 7.36. The summed E-state index contributed by atoms with van der Waals surface area (Å²) in [6.07, 6.45) is 3.04. The van der Waals surface area contributed by atoms with E-state index in [0.717, 1.165) is 22.0 Å². The maximum absolute atomic E-state index is 9.33. The number of hydrogen-bond donors (Lipinski definition) is 3. The van der Waals surface area contributed by atoms with Gasteiger partial charge < -0.3 is 19.9 Å². The lowest BCUT2D eigenvalue weighted by atomic mass is 10.0. The number of aromatic amines is 1. The summed E-state index contributed by atoms with van der Waals surface area (Å²) in [7, 11) is 0. The molecule has 10 heteroatoms. The number of halogens is 1. The highest BCUT2D eigenvalue weighted by Gasteiger charge is 2.19. The van der Waals surface area contributed by atoms with Gasteiger partial charge in [0.15, 0.2) is 17.2 Å². The van der Waals surface area contributed by atoms with Gasteiger partial charge in [0.05, 0.1) is 23.1 Å². The number of aliphatic hydroxyl groups excluding tert-OH is 1.